The fourth-order valence-corrected chi connectivity index (χ4v) is 2.91. The lowest BCUT2D eigenvalue weighted by atomic mass is 10.0. The monoisotopic (exact) mass is 244 g/mol. The highest BCUT2D eigenvalue weighted by Gasteiger charge is 2.41. The summed E-state index contributed by atoms with van der Waals surface area (Å²) in [5.41, 5.74) is 0. The smallest absolute Gasteiger partial charge is 0.323 e. The third kappa shape index (κ3) is 2.77. The summed E-state index contributed by atoms with van der Waals surface area (Å²) in [7, 11) is 3.47. The molecule has 0 radical (unpaired) electrons. The van der Waals surface area contributed by atoms with Crippen LogP contribution in [0.1, 0.15) is 19.3 Å². The van der Waals surface area contributed by atoms with Gasteiger partial charge in [-0.25, -0.2) is 4.39 Å². The third-order valence-corrected chi connectivity index (χ3v) is 3.92. The fraction of sp³-hybridized carbons (Fsp3) is 0.917. The van der Waals surface area contributed by atoms with Crippen molar-refractivity contribution in [2.45, 2.75) is 37.5 Å². The van der Waals surface area contributed by atoms with Gasteiger partial charge in [-0.15, -0.1) is 0 Å². The van der Waals surface area contributed by atoms with E-state index in [2.05, 4.69) is 11.9 Å². The second-order valence-corrected chi connectivity index (χ2v) is 5.10. The number of rotatable bonds is 2. The maximum atomic E-state index is 13.5. The number of esters is 1. The Kier molecular flexibility index (Phi) is 3.99. The molecule has 0 unspecified atom stereocenters. The van der Waals surface area contributed by atoms with E-state index < -0.39 is 6.17 Å². The predicted molar refractivity (Wildman–Crippen MR) is 62.5 cm³/mol. The van der Waals surface area contributed by atoms with Crippen LogP contribution in [0, 0.1) is 0 Å². The Morgan fingerprint density at radius 3 is 2.59 bits per heavy atom. The molecule has 4 nitrogen and oxygen atoms in total. The number of halogens is 1. The number of carbonyl (C=O) groups excluding carboxylic acids is 1. The molecule has 2 saturated heterocycles. The van der Waals surface area contributed by atoms with Crippen molar-refractivity contribution in [2.24, 2.45) is 0 Å². The standard InChI is InChI=1S/C12H21FN2O2/c1-14-5-3-10(4-6-14)15-8-9(13)7-11(15)12(16)17-2/h9-11H,3-8H2,1-2H3/t9-,11-/m1/s1. The summed E-state index contributed by atoms with van der Waals surface area (Å²) in [6.07, 6.45) is 1.42. The quantitative estimate of drug-likeness (QED) is 0.668. The average molecular weight is 244 g/mol. The van der Waals surface area contributed by atoms with Crippen molar-refractivity contribution >= 4 is 5.97 Å². The number of alkyl halides is 1. The second-order valence-electron chi connectivity index (χ2n) is 5.10. The van der Waals surface area contributed by atoms with Gasteiger partial charge in [0.2, 0.25) is 0 Å². The first-order valence-corrected chi connectivity index (χ1v) is 6.28. The largest absolute Gasteiger partial charge is 0.468 e. The maximum Gasteiger partial charge on any atom is 0.323 e. The van der Waals surface area contributed by atoms with E-state index in [1.54, 1.807) is 0 Å². The summed E-state index contributed by atoms with van der Waals surface area (Å²) in [5.74, 6) is -0.288. The van der Waals surface area contributed by atoms with Crippen molar-refractivity contribution in [1.29, 1.82) is 0 Å². The van der Waals surface area contributed by atoms with E-state index in [0.717, 1.165) is 25.9 Å². The Balaban J connectivity index is 2.00. The Hall–Kier alpha value is -0.680. The van der Waals surface area contributed by atoms with Crippen LogP contribution in [0.5, 0.6) is 0 Å². The summed E-state index contributed by atoms with van der Waals surface area (Å²) < 4.78 is 18.3. The minimum absolute atomic E-state index is 0.288. The van der Waals surface area contributed by atoms with Gasteiger partial charge in [0.1, 0.15) is 12.2 Å². The minimum Gasteiger partial charge on any atom is -0.468 e. The lowest BCUT2D eigenvalue weighted by Gasteiger charge is -2.37. The molecule has 0 bridgehead atoms. The molecule has 2 fully saturated rings. The van der Waals surface area contributed by atoms with E-state index in [4.69, 9.17) is 4.74 Å². The number of carbonyl (C=O) groups is 1. The van der Waals surface area contributed by atoms with Gasteiger partial charge in [-0.2, -0.15) is 0 Å². The van der Waals surface area contributed by atoms with Crippen molar-refractivity contribution in [3.8, 4) is 0 Å². The maximum absolute atomic E-state index is 13.5. The molecule has 0 N–H and O–H groups in total. The number of piperidine rings is 1. The fourth-order valence-electron chi connectivity index (χ4n) is 2.91. The van der Waals surface area contributed by atoms with E-state index in [1.165, 1.54) is 7.11 Å². The second kappa shape index (κ2) is 5.31. The van der Waals surface area contributed by atoms with Gasteiger partial charge < -0.3 is 9.64 Å². The SMILES string of the molecule is COC(=O)[C@H]1C[C@@H](F)CN1C1CCN(C)CC1. The van der Waals surface area contributed by atoms with Crippen LogP contribution < -0.4 is 0 Å². The zero-order valence-corrected chi connectivity index (χ0v) is 10.6. The molecular formula is C12H21FN2O2. The van der Waals surface area contributed by atoms with Crippen LogP contribution in [0.2, 0.25) is 0 Å². The molecule has 2 heterocycles. The first-order chi connectivity index (χ1) is 8.11. The van der Waals surface area contributed by atoms with Crippen LogP contribution in [0.25, 0.3) is 0 Å². The first-order valence-electron chi connectivity index (χ1n) is 6.28. The van der Waals surface area contributed by atoms with Gasteiger partial charge in [0.25, 0.3) is 0 Å². The van der Waals surface area contributed by atoms with Crippen molar-refractivity contribution in [3.05, 3.63) is 0 Å². The number of nitrogens with zero attached hydrogens (tertiary/aromatic N) is 2. The van der Waals surface area contributed by atoms with Gasteiger partial charge in [0.15, 0.2) is 0 Å². The Bertz CT molecular complexity index is 280. The summed E-state index contributed by atoms with van der Waals surface area (Å²) in [6, 6.07) is -0.0422. The summed E-state index contributed by atoms with van der Waals surface area (Å²) >= 11 is 0. The molecule has 0 amide bonds. The molecule has 2 atom stereocenters. The van der Waals surface area contributed by atoms with Crippen LogP contribution in [0.4, 0.5) is 4.39 Å². The van der Waals surface area contributed by atoms with Gasteiger partial charge in [-0.1, -0.05) is 0 Å². The van der Waals surface area contributed by atoms with Crippen LogP contribution in [0.15, 0.2) is 0 Å². The number of likely N-dealkylation sites (tertiary alicyclic amines) is 2. The highest BCUT2D eigenvalue weighted by atomic mass is 19.1. The van der Waals surface area contributed by atoms with Gasteiger partial charge in [-0.3, -0.25) is 9.69 Å². The molecule has 0 aromatic carbocycles. The van der Waals surface area contributed by atoms with Crippen molar-refractivity contribution < 1.29 is 13.9 Å². The van der Waals surface area contributed by atoms with Gasteiger partial charge in [0, 0.05) is 19.0 Å². The molecule has 2 rings (SSSR count). The average Bonchev–Trinajstić information content (AvgIpc) is 2.71. The molecule has 0 aromatic heterocycles. The molecule has 17 heavy (non-hydrogen) atoms. The molecule has 0 saturated carbocycles. The van der Waals surface area contributed by atoms with Crippen LogP contribution in [-0.4, -0.2) is 67.8 Å². The lowest BCUT2D eigenvalue weighted by Crippen LogP contribution is -2.48. The Morgan fingerprint density at radius 2 is 2.00 bits per heavy atom. The topological polar surface area (TPSA) is 32.8 Å². The van der Waals surface area contributed by atoms with Crippen LogP contribution >= 0.6 is 0 Å². The van der Waals surface area contributed by atoms with E-state index in [-0.39, 0.29) is 12.0 Å². The van der Waals surface area contributed by atoms with Crippen molar-refractivity contribution in [2.75, 3.05) is 33.8 Å². The molecule has 98 valence electrons. The van der Waals surface area contributed by atoms with Crippen LogP contribution in [0.3, 0.4) is 0 Å². The molecule has 2 aliphatic rings. The first kappa shape index (κ1) is 12.8. The molecule has 0 spiro atoms. The number of hydrogen-bond acceptors (Lipinski definition) is 4. The van der Waals surface area contributed by atoms with E-state index in [9.17, 15) is 9.18 Å². The highest BCUT2D eigenvalue weighted by Crippen LogP contribution is 2.28. The van der Waals surface area contributed by atoms with Crippen molar-refractivity contribution in [3.63, 3.8) is 0 Å². The van der Waals surface area contributed by atoms with Crippen molar-refractivity contribution in [1.82, 2.24) is 9.80 Å². The molecule has 2 aliphatic heterocycles. The predicted octanol–water partition coefficient (Wildman–Crippen LogP) is 0.666. The third-order valence-electron chi connectivity index (χ3n) is 3.92. The zero-order chi connectivity index (χ0) is 12.4. The molecule has 5 heteroatoms. The summed E-state index contributed by atoms with van der Waals surface area (Å²) in [5, 5.41) is 0. The zero-order valence-electron chi connectivity index (χ0n) is 10.6. The number of methoxy groups -OCH3 is 1. The normalized spacial score (nSPS) is 32.9. The van der Waals surface area contributed by atoms with E-state index in [0.29, 0.717) is 19.0 Å². The van der Waals surface area contributed by atoms with Crippen LogP contribution in [-0.2, 0) is 9.53 Å². The van der Waals surface area contributed by atoms with E-state index in [1.807, 2.05) is 4.90 Å². The molecule has 0 aromatic rings. The lowest BCUT2D eigenvalue weighted by molar-refractivity contribution is -0.147. The Labute approximate surface area is 102 Å². The number of ether oxygens (including phenoxy) is 1. The Morgan fingerprint density at radius 1 is 1.35 bits per heavy atom. The highest BCUT2D eigenvalue weighted by molar-refractivity contribution is 5.76. The van der Waals surface area contributed by atoms with Gasteiger partial charge >= 0.3 is 5.97 Å². The minimum atomic E-state index is -0.890. The summed E-state index contributed by atoms with van der Waals surface area (Å²) in [6.45, 7) is 2.42. The van der Waals surface area contributed by atoms with E-state index >= 15 is 0 Å². The molecule has 0 aliphatic carbocycles. The molecular weight excluding hydrogens is 223 g/mol. The van der Waals surface area contributed by atoms with Gasteiger partial charge in [-0.05, 0) is 33.0 Å². The summed E-state index contributed by atoms with van der Waals surface area (Å²) in [4.78, 5) is 15.9. The number of hydrogen-bond donors (Lipinski definition) is 0. The van der Waals surface area contributed by atoms with Gasteiger partial charge in [0.05, 0.1) is 7.11 Å².